The third-order valence-corrected chi connectivity index (χ3v) is 3.26. The molecule has 1 unspecified atom stereocenters. The minimum absolute atomic E-state index is 0.103. The molecule has 3 nitrogen and oxygen atoms in total. The second-order valence-corrected chi connectivity index (χ2v) is 5.53. The number of benzene rings is 1. The molecule has 0 saturated heterocycles. The van der Waals surface area contributed by atoms with Gasteiger partial charge in [0.15, 0.2) is 0 Å². The Morgan fingerprint density at radius 2 is 2.18 bits per heavy atom. The molecule has 96 valence electrons. The Hall–Kier alpha value is -0.580. The van der Waals surface area contributed by atoms with E-state index in [2.05, 4.69) is 15.9 Å². The second-order valence-electron chi connectivity index (χ2n) is 4.61. The fraction of sp³-hybridized carbons (Fsp3) is 0.538. The first-order valence-corrected chi connectivity index (χ1v) is 6.55. The Morgan fingerprint density at radius 3 is 2.71 bits per heavy atom. The van der Waals surface area contributed by atoms with E-state index in [9.17, 15) is 5.11 Å². The van der Waals surface area contributed by atoms with Crippen molar-refractivity contribution in [3.63, 3.8) is 0 Å². The molecule has 0 spiro atoms. The van der Waals surface area contributed by atoms with E-state index >= 15 is 0 Å². The molecule has 0 aliphatic heterocycles. The Labute approximate surface area is 111 Å². The number of hydrogen-bond acceptors (Lipinski definition) is 3. The summed E-state index contributed by atoms with van der Waals surface area (Å²) in [7, 11) is 0. The molecule has 17 heavy (non-hydrogen) atoms. The van der Waals surface area contributed by atoms with Crippen LogP contribution in [0.1, 0.15) is 38.8 Å². The number of nitrogens with two attached hydrogens (primary N) is 1. The molecule has 0 saturated carbocycles. The minimum atomic E-state index is -0.803. The standard InChI is InChI=1S/C13H20BrNO2/c1-4-13(3,16)8-17-12-6-5-10(14)7-11(12)9(2)15/h5-7,9,16H,4,8,15H2,1-3H3/t9-,13?/m0/s1. The number of ether oxygens (including phenoxy) is 1. The molecule has 1 aromatic rings. The third-order valence-electron chi connectivity index (χ3n) is 2.76. The first kappa shape index (κ1) is 14.5. The smallest absolute Gasteiger partial charge is 0.124 e. The average molecular weight is 302 g/mol. The fourth-order valence-corrected chi connectivity index (χ4v) is 1.72. The van der Waals surface area contributed by atoms with Crippen LogP contribution < -0.4 is 10.5 Å². The number of aliphatic hydroxyl groups is 1. The highest BCUT2D eigenvalue weighted by Gasteiger charge is 2.19. The molecule has 0 aromatic heterocycles. The highest BCUT2D eigenvalue weighted by atomic mass is 79.9. The normalized spacial score (nSPS) is 16.4. The SMILES string of the molecule is CCC(C)(O)COc1ccc(Br)cc1[C@H](C)N. The highest BCUT2D eigenvalue weighted by Crippen LogP contribution is 2.28. The molecule has 0 fully saturated rings. The zero-order valence-corrected chi connectivity index (χ0v) is 12.1. The van der Waals surface area contributed by atoms with Crippen molar-refractivity contribution in [3.8, 4) is 5.75 Å². The van der Waals surface area contributed by atoms with Crippen molar-refractivity contribution in [1.82, 2.24) is 0 Å². The van der Waals surface area contributed by atoms with Crippen molar-refractivity contribution >= 4 is 15.9 Å². The maximum Gasteiger partial charge on any atom is 0.124 e. The van der Waals surface area contributed by atoms with E-state index in [-0.39, 0.29) is 12.6 Å². The van der Waals surface area contributed by atoms with Crippen LogP contribution in [0.3, 0.4) is 0 Å². The Bertz CT molecular complexity index is 378. The molecular formula is C13H20BrNO2. The van der Waals surface area contributed by atoms with Crippen molar-refractivity contribution in [1.29, 1.82) is 0 Å². The van der Waals surface area contributed by atoms with Crippen molar-refractivity contribution < 1.29 is 9.84 Å². The van der Waals surface area contributed by atoms with Crippen LogP contribution in [0.2, 0.25) is 0 Å². The van der Waals surface area contributed by atoms with Crippen LogP contribution in [0.4, 0.5) is 0 Å². The number of hydrogen-bond donors (Lipinski definition) is 2. The molecule has 4 heteroatoms. The summed E-state index contributed by atoms with van der Waals surface area (Å²) in [5.74, 6) is 0.733. The van der Waals surface area contributed by atoms with Crippen molar-refractivity contribution in [2.24, 2.45) is 5.73 Å². The van der Waals surface area contributed by atoms with Gasteiger partial charge in [0.1, 0.15) is 12.4 Å². The lowest BCUT2D eigenvalue weighted by atomic mass is 10.1. The van der Waals surface area contributed by atoms with Crippen LogP contribution in [0.5, 0.6) is 5.75 Å². The lowest BCUT2D eigenvalue weighted by Crippen LogP contribution is -2.31. The van der Waals surface area contributed by atoms with Gasteiger partial charge in [-0.2, -0.15) is 0 Å². The van der Waals surface area contributed by atoms with E-state index < -0.39 is 5.60 Å². The maximum absolute atomic E-state index is 9.90. The van der Waals surface area contributed by atoms with Crippen LogP contribution in [0.15, 0.2) is 22.7 Å². The zero-order chi connectivity index (χ0) is 13.1. The van der Waals surface area contributed by atoms with Gasteiger partial charge >= 0.3 is 0 Å². The molecule has 2 atom stereocenters. The van der Waals surface area contributed by atoms with Crippen molar-refractivity contribution in [2.75, 3.05) is 6.61 Å². The van der Waals surface area contributed by atoms with Gasteiger partial charge in [-0.05, 0) is 38.5 Å². The molecule has 1 rings (SSSR count). The monoisotopic (exact) mass is 301 g/mol. The van der Waals surface area contributed by atoms with Gasteiger partial charge in [0.05, 0.1) is 5.60 Å². The molecular weight excluding hydrogens is 282 g/mol. The van der Waals surface area contributed by atoms with Gasteiger partial charge in [-0.25, -0.2) is 0 Å². The van der Waals surface area contributed by atoms with Crippen LogP contribution in [-0.4, -0.2) is 17.3 Å². The lowest BCUT2D eigenvalue weighted by molar-refractivity contribution is 0.00810. The van der Waals surface area contributed by atoms with E-state index in [1.165, 1.54) is 0 Å². The van der Waals surface area contributed by atoms with Crippen molar-refractivity contribution in [3.05, 3.63) is 28.2 Å². The summed E-state index contributed by atoms with van der Waals surface area (Å²) in [6.07, 6.45) is 0.650. The molecule has 0 aliphatic rings. The third kappa shape index (κ3) is 4.30. The quantitative estimate of drug-likeness (QED) is 0.879. The largest absolute Gasteiger partial charge is 0.490 e. The minimum Gasteiger partial charge on any atom is -0.490 e. The molecule has 0 heterocycles. The van der Waals surface area contributed by atoms with E-state index in [0.29, 0.717) is 6.42 Å². The summed E-state index contributed by atoms with van der Waals surface area (Å²) in [5, 5.41) is 9.90. The molecule has 0 aliphatic carbocycles. The second kappa shape index (κ2) is 5.85. The first-order valence-electron chi connectivity index (χ1n) is 5.76. The Kier molecular flexibility index (Phi) is 4.98. The lowest BCUT2D eigenvalue weighted by Gasteiger charge is -2.23. The topological polar surface area (TPSA) is 55.5 Å². The predicted octanol–water partition coefficient (Wildman–Crippen LogP) is 3.01. The van der Waals surface area contributed by atoms with Gasteiger partial charge in [0.2, 0.25) is 0 Å². The summed E-state index contributed by atoms with van der Waals surface area (Å²) < 4.78 is 6.63. The summed E-state index contributed by atoms with van der Waals surface area (Å²) >= 11 is 3.41. The highest BCUT2D eigenvalue weighted by molar-refractivity contribution is 9.10. The first-order chi connectivity index (χ1) is 7.85. The number of halogens is 1. The van der Waals surface area contributed by atoms with Crippen LogP contribution >= 0.6 is 15.9 Å². The van der Waals surface area contributed by atoms with Gasteiger partial charge in [0.25, 0.3) is 0 Å². The molecule has 0 bridgehead atoms. The van der Waals surface area contributed by atoms with Gasteiger partial charge in [0, 0.05) is 16.1 Å². The Morgan fingerprint density at radius 1 is 1.53 bits per heavy atom. The van der Waals surface area contributed by atoms with Crippen LogP contribution in [0.25, 0.3) is 0 Å². The maximum atomic E-state index is 9.90. The molecule has 1 aromatic carbocycles. The summed E-state index contributed by atoms with van der Waals surface area (Å²) in [4.78, 5) is 0. The summed E-state index contributed by atoms with van der Waals surface area (Å²) in [6, 6.07) is 5.62. The van der Waals surface area contributed by atoms with Crippen molar-refractivity contribution in [2.45, 2.75) is 38.8 Å². The zero-order valence-electron chi connectivity index (χ0n) is 10.5. The van der Waals surface area contributed by atoms with E-state index in [1.54, 1.807) is 6.92 Å². The number of rotatable bonds is 5. The van der Waals surface area contributed by atoms with Gasteiger partial charge in [-0.15, -0.1) is 0 Å². The van der Waals surface area contributed by atoms with E-state index in [4.69, 9.17) is 10.5 Å². The molecule has 3 N–H and O–H groups in total. The fourth-order valence-electron chi connectivity index (χ4n) is 1.34. The van der Waals surface area contributed by atoms with Gasteiger partial charge < -0.3 is 15.6 Å². The molecule has 0 radical (unpaired) electrons. The van der Waals surface area contributed by atoms with E-state index in [1.807, 2.05) is 32.0 Å². The predicted molar refractivity (Wildman–Crippen MR) is 73.2 cm³/mol. The molecule has 0 amide bonds. The van der Waals surface area contributed by atoms with Crippen LogP contribution in [0, 0.1) is 0 Å². The van der Waals surface area contributed by atoms with Crippen LogP contribution in [-0.2, 0) is 0 Å². The Balaban J connectivity index is 2.84. The summed E-state index contributed by atoms with van der Waals surface area (Å²) in [5.41, 5.74) is 6.02. The average Bonchev–Trinajstić information content (AvgIpc) is 2.27. The van der Waals surface area contributed by atoms with Gasteiger partial charge in [-0.1, -0.05) is 22.9 Å². The van der Waals surface area contributed by atoms with Gasteiger partial charge in [-0.3, -0.25) is 0 Å². The van der Waals surface area contributed by atoms with E-state index in [0.717, 1.165) is 15.8 Å². The summed E-state index contributed by atoms with van der Waals surface area (Å²) in [6.45, 7) is 5.87.